The molecular formula is C28H23N5O3. The topological polar surface area (TPSA) is 110 Å². The highest BCUT2D eigenvalue weighted by Gasteiger charge is 2.24. The van der Waals surface area contributed by atoms with Crippen molar-refractivity contribution in [3.63, 3.8) is 0 Å². The molecule has 2 N–H and O–H groups in total. The lowest BCUT2D eigenvalue weighted by Gasteiger charge is -2.07. The molecule has 0 unspecified atom stereocenters. The summed E-state index contributed by atoms with van der Waals surface area (Å²) >= 11 is 0. The van der Waals surface area contributed by atoms with Crippen molar-refractivity contribution in [1.29, 1.82) is 0 Å². The Balaban J connectivity index is 1.22. The number of carbonyl (C=O) groups excluding carboxylic acids is 2. The minimum atomic E-state index is -0.326. The molecule has 4 heterocycles. The SMILES string of the molecule is O=C1Nc2cc(/C=C/CCC(=O)c3cccn(Cc4cncnc4)c3=O)ccc2/C1=C/c1ccc[nH]1. The normalized spacial score (nSPS) is 13.8. The lowest BCUT2D eigenvalue weighted by atomic mass is 10.0. The summed E-state index contributed by atoms with van der Waals surface area (Å²) in [6, 6.07) is 12.8. The molecule has 0 radical (unpaired) electrons. The van der Waals surface area contributed by atoms with Gasteiger partial charge in [-0.1, -0.05) is 24.3 Å². The van der Waals surface area contributed by atoms with E-state index in [-0.39, 0.29) is 29.2 Å². The number of carbonyl (C=O) groups is 2. The van der Waals surface area contributed by atoms with E-state index in [0.717, 1.165) is 28.1 Å². The smallest absolute Gasteiger partial charge is 0.261 e. The largest absolute Gasteiger partial charge is 0.362 e. The molecule has 0 bridgehead atoms. The van der Waals surface area contributed by atoms with Crippen LogP contribution < -0.4 is 10.9 Å². The zero-order chi connectivity index (χ0) is 24.9. The average molecular weight is 478 g/mol. The maximum atomic E-state index is 12.8. The van der Waals surface area contributed by atoms with Crippen molar-refractivity contribution in [2.24, 2.45) is 0 Å². The molecule has 178 valence electrons. The Hall–Kier alpha value is -4.85. The van der Waals surface area contributed by atoms with Crippen molar-refractivity contribution in [3.8, 4) is 0 Å². The van der Waals surface area contributed by atoms with Crippen molar-refractivity contribution in [2.45, 2.75) is 19.4 Å². The number of aromatic nitrogens is 4. The molecule has 1 aliphatic heterocycles. The Morgan fingerprint density at radius 2 is 1.92 bits per heavy atom. The summed E-state index contributed by atoms with van der Waals surface area (Å²) in [5.41, 5.74) is 4.62. The molecule has 4 aromatic rings. The number of anilines is 1. The van der Waals surface area contributed by atoms with Crippen LogP contribution in [-0.2, 0) is 11.3 Å². The maximum Gasteiger partial charge on any atom is 0.261 e. The molecule has 1 aliphatic rings. The molecule has 0 atom stereocenters. The van der Waals surface area contributed by atoms with Gasteiger partial charge in [-0.25, -0.2) is 9.97 Å². The number of ketones is 1. The van der Waals surface area contributed by atoms with Crippen LogP contribution in [0.1, 0.15) is 45.6 Å². The van der Waals surface area contributed by atoms with Gasteiger partial charge >= 0.3 is 0 Å². The Morgan fingerprint density at radius 1 is 1.06 bits per heavy atom. The fraction of sp³-hybridized carbons (Fsp3) is 0.107. The number of fused-ring (bicyclic) bond motifs is 1. The Kier molecular flexibility index (Phi) is 6.48. The van der Waals surface area contributed by atoms with Crippen LogP contribution in [0, 0.1) is 0 Å². The quantitative estimate of drug-likeness (QED) is 0.292. The number of benzene rings is 1. The van der Waals surface area contributed by atoms with Gasteiger partial charge in [0.1, 0.15) is 6.33 Å². The van der Waals surface area contributed by atoms with Crippen molar-refractivity contribution in [2.75, 3.05) is 5.32 Å². The van der Waals surface area contributed by atoms with Gasteiger partial charge in [0.15, 0.2) is 5.78 Å². The summed E-state index contributed by atoms with van der Waals surface area (Å²) < 4.78 is 1.49. The van der Waals surface area contributed by atoms with Gasteiger partial charge in [0.05, 0.1) is 17.7 Å². The van der Waals surface area contributed by atoms with Crippen molar-refractivity contribution in [1.82, 2.24) is 19.5 Å². The lowest BCUT2D eigenvalue weighted by molar-refractivity contribution is -0.110. The molecular weight excluding hydrogens is 454 g/mol. The third kappa shape index (κ3) is 4.97. The number of nitrogens with zero attached hydrogens (tertiary/aromatic N) is 3. The Labute approximate surface area is 207 Å². The Bertz CT molecular complexity index is 1530. The number of amides is 1. The van der Waals surface area contributed by atoms with Gasteiger partial charge in [-0.15, -0.1) is 0 Å². The van der Waals surface area contributed by atoms with E-state index in [1.54, 1.807) is 30.7 Å². The highest BCUT2D eigenvalue weighted by molar-refractivity contribution is 6.34. The number of pyridine rings is 1. The predicted octanol–water partition coefficient (Wildman–Crippen LogP) is 4.18. The van der Waals surface area contributed by atoms with E-state index in [4.69, 9.17) is 0 Å². The number of rotatable bonds is 8. The predicted molar refractivity (Wildman–Crippen MR) is 138 cm³/mol. The number of Topliss-reactive ketones (excluding diaryl/α,β-unsaturated/α-hetero) is 1. The fourth-order valence-corrected chi connectivity index (χ4v) is 4.10. The van der Waals surface area contributed by atoms with Gasteiger partial charge in [-0.2, -0.15) is 0 Å². The molecule has 8 nitrogen and oxygen atoms in total. The van der Waals surface area contributed by atoms with Crippen LogP contribution in [0.5, 0.6) is 0 Å². The van der Waals surface area contributed by atoms with E-state index in [9.17, 15) is 14.4 Å². The average Bonchev–Trinajstić information content (AvgIpc) is 3.51. The van der Waals surface area contributed by atoms with E-state index in [0.29, 0.717) is 18.5 Å². The number of hydrogen-bond acceptors (Lipinski definition) is 5. The second kappa shape index (κ2) is 10.2. The van der Waals surface area contributed by atoms with Gasteiger partial charge in [-0.05, 0) is 48.4 Å². The molecule has 8 heteroatoms. The monoisotopic (exact) mass is 477 g/mol. The molecule has 0 aliphatic carbocycles. The number of hydrogen-bond donors (Lipinski definition) is 2. The fourth-order valence-electron chi connectivity index (χ4n) is 4.10. The number of allylic oxidation sites excluding steroid dienone is 1. The van der Waals surface area contributed by atoms with Crippen LogP contribution in [0.25, 0.3) is 17.7 Å². The van der Waals surface area contributed by atoms with Crippen LogP contribution in [0.4, 0.5) is 5.69 Å². The van der Waals surface area contributed by atoms with Crippen LogP contribution >= 0.6 is 0 Å². The van der Waals surface area contributed by atoms with Crippen LogP contribution in [-0.4, -0.2) is 31.2 Å². The second-order valence-corrected chi connectivity index (χ2v) is 8.41. The summed E-state index contributed by atoms with van der Waals surface area (Å²) in [5, 5.41) is 2.91. The third-order valence-electron chi connectivity index (χ3n) is 5.88. The molecule has 0 saturated carbocycles. The van der Waals surface area contributed by atoms with Gasteiger partial charge in [0.2, 0.25) is 0 Å². The van der Waals surface area contributed by atoms with Crippen LogP contribution in [0.2, 0.25) is 0 Å². The number of aromatic amines is 1. The molecule has 0 saturated heterocycles. The lowest BCUT2D eigenvalue weighted by Crippen LogP contribution is -2.26. The summed E-state index contributed by atoms with van der Waals surface area (Å²) in [4.78, 5) is 48.9. The van der Waals surface area contributed by atoms with Gasteiger partial charge in [0.25, 0.3) is 11.5 Å². The maximum absolute atomic E-state index is 12.8. The first kappa shape index (κ1) is 22.9. The number of nitrogens with one attached hydrogen (secondary N) is 2. The van der Waals surface area contributed by atoms with Gasteiger partial charge in [-0.3, -0.25) is 14.4 Å². The molecule has 0 spiro atoms. The minimum absolute atomic E-state index is 0.139. The second-order valence-electron chi connectivity index (χ2n) is 8.41. The van der Waals surface area contributed by atoms with E-state index < -0.39 is 0 Å². The standard InChI is InChI=1S/C28H23N5O3/c34-26(23-7-4-12-33(28(23)36)17-20-15-29-18-30-16-20)8-2-1-5-19-9-10-22-24(14-21-6-3-11-31-21)27(35)32-25(22)13-19/h1,3-7,9-16,18,31H,2,8,17H2,(H,32,35)/b5-1+,24-14-. The zero-order valence-corrected chi connectivity index (χ0v) is 19.3. The first-order valence-electron chi connectivity index (χ1n) is 11.5. The summed E-state index contributed by atoms with van der Waals surface area (Å²) in [6.45, 7) is 0.303. The van der Waals surface area contributed by atoms with E-state index in [1.165, 1.54) is 10.9 Å². The van der Waals surface area contributed by atoms with E-state index >= 15 is 0 Å². The first-order valence-corrected chi connectivity index (χ1v) is 11.5. The molecule has 3 aromatic heterocycles. The highest BCUT2D eigenvalue weighted by atomic mass is 16.2. The van der Waals surface area contributed by atoms with E-state index in [1.807, 2.05) is 54.8 Å². The summed E-state index contributed by atoms with van der Waals surface area (Å²) in [6.07, 6.45) is 14.5. The molecule has 36 heavy (non-hydrogen) atoms. The molecule has 5 rings (SSSR count). The molecule has 1 amide bonds. The first-order chi connectivity index (χ1) is 17.6. The van der Waals surface area contributed by atoms with Crippen molar-refractivity contribution < 1.29 is 9.59 Å². The molecule has 0 fully saturated rings. The van der Waals surface area contributed by atoms with Crippen LogP contribution in [0.15, 0.2) is 84.4 Å². The van der Waals surface area contributed by atoms with Crippen LogP contribution in [0.3, 0.4) is 0 Å². The summed E-state index contributed by atoms with van der Waals surface area (Å²) in [7, 11) is 0. The van der Waals surface area contributed by atoms with E-state index in [2.05, 4.69) is 20.3 Å². The van der Waals surface area contributed by atoms with Gasteiger partial charge < -0.3 is 14.9 Å². The molecule has 1 aromatic carbocycles. The minimum Gasteiger partial charge on any atom is -0.362 e. The van der Waals surface area contributed by atoms with Gasteiger partial charge in [0, 0.05) is 53.7 Å². The Morgan fingerprint density at radius 3 is 2.72 bits per heavy atom. The zero-order valence-electron chi connectivity index (χ0n) is 19.3. The summed E-state index contributed by atoms with van der Waals surface area (Å²) in [5.74, 6) is -0.344. The third-order valence-corrected chi connectivity index (χ3v) is 5.88. The number of H-pyrrole nitrogens is 1. The van der Waals surface area contributed by atoms with Crippen molar-refractivity contribution in [3.05, 3.63) is 118 Å². The van der Waals surface area contributed by atoms with Crippen molar-refractivity contribution >= 4 is 35.1 Å². The highest BCUT2D eigenvalue weighted by Crippen LogP contribution is 2.34.